The Morgan fingerprint density at radius 3 is 2.42 bits per heavy atom. The van der Waals surface area contributed by atoms with Gasteiger partial charge in [-0.25, -0.2) is 0 Å². The minimum Gasteiger partial charge on any atom is -0.407 e. The van der Waals surface area contributed by atoms with Gasteiger partial charge in [0.05, 0.1) is 6.54 Å². The summed E-state index contributed by atoms with van der Waals surface area (Å²) in [7, 11) is 1.86. The Morgan fingerprint density at radius 1 is 1.21 bits per heavy atom. The van der Waals surface area contributed by atoms with Crippen LogP contribution in [0.4, 0.5) is 6.01 Å². The maximum Gasteiger partial charge on any atom is 0.315 e. The second kappa shape index (κ2) is 5.09. The van der Waals surface area contributed by atoms with Gasteiger partial charge in [0, 0.05) is 17.1 Å². The van der Waals surface area contributed by atoms with Crippen LogP contribution in [0.15, 0.2) is 4.42 Å². The van der Waals surface area contributed by atoms with E-state index in [0.29, 0.717) is 24.5 Å². The van der Waals surface area contributed by atoms with Crippen LogP contribution in [0.5, 0.6) is 0 Å². The maximum atomic E-state index is 5.55. The minimum atomic E-state index is 0.104. The molecule has 2 heterocycles. The maximum absolute atomic E-state index is 5.55. The largest absolute Gasteiger partial charge is 0.407 e. The number of piperidine rings is 1. The molecule has 0 atom stereocenters. The molecule has 0 saturated carbocycles. The number of nitrogens with zero attached hydrogens (tertiary/aromatic N) is 2. The van der Waals surface area contributed by atoms with Crippen LogP contribution in [0.3, 0.4) is 0 Å². The minimum absolute atomic E-state index is 0.104. The van der Waals surface area contributed by atoms with Gasteiger partial charge >= 0.3 is 6.01 Å². The van der Waals surface area contributed by atoms with Crippen molar-refractivity contribution in [3.63, 3.8) is 0 Å². The van der Waals surface area contributed by atoms with Crippen LogP contribution in [0.25, 0.3) is 0 Å². The average molecular weight is 267 g/mol. The molecular formula is C13H25N5O. The number of hydrogen-bond acceptors (Lipinski definition) is 6. The first-order valence-electron chi connectivity index (χ1n) is 6.82. The number of nitrogens with one attached hydrogen (secondary N) is 3. The zero-order chi connectivity index (χ0) is 14.1. The lowest BCUT2D eigenvalue weighted by atomic mass is 9.80. The normalized spacial score (nSPS) is 22.4. The average Bonchev–Trinajstić information content (AvgIpc) is 2.60. The smallest absolute Gasteiger partial charge is 0.315 e. The predicted molar refractivity (Wildman–Crippen MR) is 75.0 cm³/mol. The Balaban J connectivity index is 2.01. The molecule has 0 aromatic carbocycles. The van der Waals surface area contributed by atoms with E-state index in [1.54, 1.807) is 0 Å². The molecule has 1 aromatic rings. The van der Waals surface area contributed by atoms with Crippen molar-refractivity contribution in [1.82, 2.24) is 20.8 Å². The van der Waals surface area contributed by atoms with Crippen LogP contribution >= 0.6 is 0 Å². The van der Waals surface area contributed by atoms with Crippen molar-refractivity contribution in [1.29, 1.82) is 0 Å². The zero-order valence-corrected chi connectivity index (χ0v) is 12.5. The lowest BCUT2D eigenvalue weighted by Gasteiger charge is -2.46. The highest BCUT2D eigenvalue weighted by molar-refractivity contribution is 5.22. The Bertz CT molecular complexity index is 410. The van der Waals surface area contributed by atoms with E-state index < -0.39 is 0 Å². The van der Waals surface area contributed by atoms with Crippen LogP contribution in [0.1, 0.15) is 46.4 Å². The van der Waals surface area contributed by atoms with Gasteiger partial charge in [-0.1, -0.05) is 5.10 Å². The van der Waals surface area contributed by atoms with Gasteiger partial charge in [-0.3, -0.25) is 0 Å². The summed E-state index contributed by atoms with van der Waals surface area (Å²) in [6, 6.07) is 0.859. The van der Waals surface area contributed by atoms with Gasteiger partial charge in [-0.2, -0.15) is 0 Å². The van der Waals surface area contributed by atoms with Gasteiger partial charge in [0.15, 0.2) is 0 Å². The summed E-state index contributed by atoms with van der Waals surface area (Å²) in [5.74, 6) is 0.609. The van der Waals surface area contributed by atoms with Crippen LogP contribution in [-0.4, -0.2) is 34.4 Å². The molecule has 0 amide bonds. The predicted octanol–water partition coefficient (Wildman–Crippen LogP) is 1.51. The van der Waals surface area contributed by atoms with Gasteiger partial charge in [0.25, 0.3) is 0 Å². The van der Waals surface area contributed by atoms with Crippen molar-refractivity contribution < 1.29 is 4.42 Å². The van der Waals surface area contributed by atoms with E-state index in [2.05, 4.69) is 53.8 Å². The van der Waals surface area contributed by atoms with E-state index in [0.717, 1.165) is 12.8 Å². The van der Waals surface area contributed by atoms with Crippen LogP contribution < -0.4 is 16.0 Å². The van der Waals surface area contributed by atoms with E-state index in [4.69, 9.17) is 4.42 Å². The van der Waals surface area contributed by atoms with Crippen molar-refractivity contribution in [2.75, 3.05) is 12.4 Å². The fourth-order valence-corrected chi connectivity index (χ4v) is 3.13. The lowest BCUT2D eigenvalue weighted by molar-refractivity contribution is 0.169. The number of rotatable bonds is 4. The number of aromatic nitrogens is 2. The summed E-state index contributed by atoms with van der Waals surface area (Å²) < 4.78 is 5.55. The fraction of sp³-hybridized carbons (Fsp3) is 0.846. The zero-order valence-electron chi connectivity index (χ0n) is 12.5. The van der Waals surface area contributed by atoms with Crippen molar-refractivity contribution in [3.8, 4) is 0 Å². The molecule has 1 saturated heterocycles. The molecule has 1 aromatic heterocycles. The molecule has 3 N–H and O–H groups in total. The SMILES string of the molecule is CNCc1nnc(NC2CC(C)(C)NC(C)(C)C2)o1. The Kier molecular flexibility index (Phi) is 3.82. The highest BCUT2D eigenvalue weighted by atomic mass is 16.4. The third-order valence-electron chi connectivity index (χ3n) is 3.31. The van der Waals surface area contributed by atoms with E-state index in [9.17, 15) is 0 Å². The molecule has 2 rings (SSSR count). The molecule has 0 unspecified atom stereocenters. The standard InChI is InChI=1S/C13H25N5O/c1-12(2)6-9(7-13(3,4)18-12)15-11-17-16-10(19-11)8-14-5/h9,14,18H,6-8H2,1-5H3,(H,15,17). The number of hydrogen-bond donors (Lipinski definition) is 3. The summed E-state index contributed by atoms with van der Waals surface area (Å²) in [5.41, 5.74) is 0.209. The van der Waals surface area contributed by atoms with Crippen molar-refractivity contribution in [2.45, 2.75) is 64.2 Å². The monoisotopic (exact) mass is 267 g/mol. The molecule has 19 heavy (non-hydrogen) atoms. The molecule has 0 spiro atoms. The van der Waals surface area contributed by atoms with E-state index in [-0.39, 0.29) is 11.1 Å². The second-order valence-electron chi connectivity index (χ2n) is 6.67. The molecule has 0 bridgehead atoms. The number of anilines is 1. The molecule has 0 radical (unpaired) electrons. The summed E-state index contributed by atoms with van der Waals surface area (Å²) >= 11 is 0. The van der Waals surface area contributed by atoms with E-state index >= 15 is 0 Å². The Hall–Kier alpha value is -1.14. The first kappa shape index (κ1) is 14.3. The highest BCUT2D eigenvalue weighted by Crippen LogP contribution is 2.30. The van der Waals surface area contributed by atoms with Crippen LogP contribution in [0.2, 0.25) is 0 Å². The fourth-order valence-electron chi connectivity index (χ4n) is 3.13. The molecule has 0 aliphatic carbocycles. The molecule has 6 heteroatoms. The van der Waals surface area contributed by atoms with Crippen molar-refractivity contribution in [3.05, 3.63) is 5.89 Å². The van der Waals surface area contributed by atoms with Gasteiger partial charge in [0.2, 0.25) is 5.89 Å². The third kappa shape index (κ3) is 3.91. The first-order valence-corrected chi connectivity index (χ1v) is 6.82. The summed E-state index contributed by atoms with van der Waals surface area (Å²) in [6.07, 6.45) is 2.06. The summed E-state index contributed by atoms with van der Waals surface area (Å²) in [4.78, 5) is 0. The van der Waals surface area contributed by atoms with Crippen molar-refractivity contribution >= 4 is 6.01 Å². The van der Waals surface area contributed by atoms with Crippen LogP contribution in [-0.2, 0) is 6.54 Å². The molecule has 6 nitrogen and oxygen atoms in total. The topological polar surface area (TPSA) is 75.0 Å². The van der Waals surface area contributed by atoms with E-state index in [1.165, 1.54) is 0 Å². The molecule has 108 valence electrons. The molecule has 1 aliphatic rings. The van der Waals surface area contributed by atoms with Crippen molar-refractivity contribution in [2.24, 2.45) is 0 Å². The van der Waals surface area contributed by atoms with Gasteiger partial charge < -0.3 is 20.4 Å². The summed E-state index contributed by atoms with van der Waals surface area (Å²) in [6.45, 7) is 9.50. The van der Waals surface area contributed by atoms with Crippen LogP contribution in [0, 0.1) is 0 Å². The molecular weight excluding hydrogens is 242 g/mol. The highest BCUT2D eigenvalue weighted by Gasteiger charge is 2.38. The third-order valence-corrected chi connectivity index (χ3v) is 3.31. The quantitative estimate of drug-likeness (QED) is 0.768. The van der Waals surface area contributed by atoms with E-state index in [1.807, 2.05) is 7.05 Å². The molecule has 1 fully saturated rings. The Morgan fingerprint density at radius 2 is 1.84 bits per heavy atom. The Labute approximate surface area is 114 Å². The lowest BCUT2D eigenvalue weighted by Crippen LogP contribution is -2.60. The first-order chi connectivity index (χ1) is 8.80. The van der Waals surface area contributed by atoms with Gasteiger partial charge in [-0.05, 0) is 47.6 Å². The summed E-state index contributed by atoms with van der Waals surface area (Å²) in [5, 5.41) is 18.0. The second-order valence-corrected chi connectivity index (χ2v) is 6.67. The molecule has 1 aliphatic heterocycles. The van der Waals surface area contributed by atoms with Gasteiger partial charge in [0.1, 0.15) is 0 Å². The van der Waals surface area contributed by atoms with Gasteiger partial charge in [-0.15, -0.1) is 5.10 Å².